The average molecular weight is 232 g/mol. The first-order chi connectivity index (χ1) is 8.38. The normalized spacial score (nSPS) is 15.7. The van der Waals surface area contributed by atoms with Crippen LogP contribution in [0.25, 0.3) is 0 Å². The van der Waals surface area contributed by atoms with Crippen molar-refractivity contribution < 1.29 is 0 Å². The van der Waals surface area contributed by atoms with Crippen LogP contribution in [0.4, 0.5) is 0 Å². The second kappa shape index (κ2) is 6.25. The van der Waals surface area contributed by atoms with Gasteiger partial charge in [-0.15, -0.1) is 0 Å². The molecule has 1 aliphatic rings. The van der Waals surface area contributed by atoms with Crippen molar-refractivity contribution in [2.75, 3.05) is 6.54 Å². The van der Waals surface area contributed by atoms with E-state index in [1.165, 1.54) is 18.4 Å². The molecular weight excluding hydrogens is 212 g/mol. The molecule has 1 saturated carbocycles. The van der Waals surface area contributed by atoms with Crippen LogP contribution < -0.4 is 16.6 Å². The molecule has 4 N–H and O–H groups in total. The van der Waals surface area contributed by atoms with Crippen LogP contribution in [0.5, 0.6) is 0 Å². The van der Waals surface area contributed by atoms with Crippen molar-refractivity contribution in [3.05, 3.63) is 35.9 Å². The number of nitrogens with two attached hydrogens (primary N) is 1. The van der Waals surface area contributed by atoms with E-state index in [1.807, 2.05) is 6.07 Å². The Morgan fingerprint density at radius 1 is 1.29 bits per heavy atom. The Hall–Kier alpha value is -1.55. The van der Waals surface area contributed by atoms with E-state index in [1.54, 1.807) is 0 Å². The number of hydrazine groups is 1. The van der Waals surface area contributed by atoms with Gasteiger partial charge in [-0.1, -0.05) is 30.3 Å². The van der Waals surface area contributed by atoms with Crippen LogP contribution in [0.2, 0.25) is 0 Å². The Bertz CT molecular complexity index is 357. The number of aryl methyl sites for hydroxylation is 1. The van der Waals surface area contributed by atoms with Gasteiger partial charge in [-0.25, -0.2) is 5.84 Å². The van der Waals surface area contributed by atoms with Crippen molar-refractivity contribution in [3.63, 3.8) is 0 Å². The highest BCUT2D eigenvalue weighted by molar-refractivity contribution is 5.79. The van der Waals surface area contributed by atoms with E-state index in [0.717, 1.165) is 25.3 Å². The molecule has 0 aromatic heterocycles. The summed E-state index contributed by atoms with van der Waals surface area (Å²) in [7, 11) is 0. The predicted molar refractivity (Wildman–Crippen MR) is 70.5 cm³/mol. The second-order valence-electron chi connectivity index (χ2n) is 4.38. The van der Waals surface area contributed by atoms with Gasteiger partial charge >= 0.3 is 0 Å². The van der Waals surface area contributed by atoms with E-state index >= 15 is 0 Å². The van der Waals surface area contributed by atoms with Crippen molar-refractivity contribution in [3.8, 4) is 0 Å². The fourth-order valence-corrected chi connectivity index (χ4v) is 1.67. The Labute approximate surface area is 102 Å². The van der Waals surface area contributed by atoms with Gasteiger partial charge in [0.05, 0.1) is 0 Å². The molecule has 0 aliphatic heterocycles. The molecule has 1 aliphatic carbocycles. The van der Waals surface area contributed by atoms with Crippen LogP contribution in [0.3, 0.4) is 0 Å². The largest absolute Gasteiger partial charge is 0.353 e. The Morgan fingerprint density at radius 2 is 2.06 bits per heavy atom. The Balaban J connectivity index is 1.68. The molecular formula is C13H20N4. The van der Waals surface area contributed by atoms with Gasteiger partial charge in [0.2, 0.25) is 5.96 Å². The lowest BCUT2D eigenvalue weighted by atomic mass is 10.1. The smallest absolute Gasteiger partial charge is 0.205 e. The lowest BCUT2D eigenvalue weighted by Crippen LogP contribution is -2.42. The van der Waals surface area contributed by atoms with Crippen LogP contribution >= 0.6 is 0 Å². The van der Waals surface area contributed by atoms with Crippen molar-refractivity contribution in [2.45, 2.75) is 31.7 Å². The zero-order chi connectivity index (χ0) is 11.9. The number of aliphatic imine (C=N–C) groups is 1. The third-order valence-electron chi connectivity index (χ3n) is 2.79. The van der Waals surface area contributed by atoms with Gasteiger partial charge < -0.3 is 5.32 Å². The quantitative estimate of drug-likeness (QED) is 0.235. The van der Waals surface area contributed by atoms with Crippen LogP contribution in [-0.2, 0) is 6.42 Å². The van der Waals surface area contributed by atoms with Gasteiger partial charge in [0.15, 0.2) is 0 Å². The molecule has 92 valence electrons. The van der Waals surface area contributed by atoms with E-state index in [-0.39, 0.29) is 0 Å². The summed E-state index contributed by atoms with van der Waals surface area (Å²) in [6, 6.07) is 11.1. The van der Waals surface area contributed by atoms with Crippen molar-refractivity contribution in [1.29, 1.82) is 0 Å². The van der Waals surface area contributed by atoms with Crippen molar-refractivity contribution in [1.82, 2.24) is 10.7 Å². The molecule has 1 fully saturated rings. The lowest BCUT2D eigenvalue weighted by Gasteiger charge is -2.07. The number of nitrogens with zero attached hydrogens (tertiary/aromatic N) is 1. The number of rotatable bonds is 5. The zero-order valence-corrected chi connectivity index (χ0v) is 10.0. The van der Waals surface area contributed by atoms with E-state index < -0.39 is 0 Å². The van der Waals surface area contributed by atoms with Crippen LogP contribution in [0.15, 0.2) is 35.3 Å². The number of nitrogens with one attached hydrogen (secondary N) is 2. The number of hydrogen-bond acceptors (Lipinski definition) is 2. The third-order valence-corrected chi connectivity index (χ3v) is 2.79. The minimum absolute atomic E-state index is 0.582. The van der Waals surface area contributed by atoms with E-state index in [2.05, 4.69) is 40.0 Å². The molecule has 17 heavy (non-hydrogen) atoms. The molecule has 0 bridgehead atoms. The van der Waals surface area contributed by atoms with Crippen LogP contribution in [0, 0.1) is 0 Å². The molecule has 0 spiro atoms. The standard InChI is InChI=1S/C13H20N4/c14-17-13(16-12-8-9-12)15-10-4-7-11-5-2-1-3-6-11/h1-3,5-6,12H,4,7-10,14H2,(H2,15,16,17). The Kier molecular flexibility index (Phi) is 4.38. The fourth-order valence-electron chi connectivity index (χ4n) is 1.67. The van der Waals surface area contributed by atoms with Crippen molar-refractivity contribution >= 4 is 5.96 Å². The highest BCUT2D eigenvalue weighted by Crippen LogP contribution is 2.18. The van der Waals surface area contributed by atoms with E-state index in [4.69, 9.17) is 5.84 Å². The van der Waals surface area contributed by atoms with Crippen LogP contribution in [0.1, 0.15) is 24.8 Å². The summed E-state index contributed by atoms with van der Waals surface area (Å²) in [6.45, 7) is 0.800. The second-order valence-corrected chi connectivity index (χ2v) is 4.38. The molecule has 0 amide bonds. The molecule has 1 aromatic carbocycles. The molecule has 0 saturated heterocycles. The topological polar surface area (TPSA) is 62.4 Å². The zero-order valence-electron chi connectivity index (χ0n) is 10.0. The average Bonchev–Trinajstić information content (AvgIpc) is 3.18. The van der Waals surface area contributed by atoms with Gasteiger partial charge in [0.1, 0.15) is 0 Å². The number of guanidine groups is 1. The van der Waals surface area contributed by atoms with Crippen LogP contribution in [-0.4, -0.2) is 18.5 Å². The maximum Gasteiger partial charge on any atom is 0.205 e. The monoisotopic (exact) mass is 232 g/mol. The minimum atomic E-state index is 0.582. The summed E-state index contributed by atoms with van der Waals surface area (Å²) in [6.07, 6.45) is 4.56. The van der Waals surface area contributed by atoms with Crippen molar-refractivity contribution in [2.24, 2.45) is 10.8 Å². The number of hydrogen-bond donors (Lipinski definition) is 3. The van der Waals surface area contributed by atoms with Gasteiger partial charge in [-0.2, -0.15) is 0 Å². The molecule has 4 nitrogen and oxygen atoms in total. The maximum atomic E-state index is 5.40. The molecule has 0 unspecified atom stereocenters. The van der Waals surface area contributed by atoms with Gasteiger partial charge in [-0.3, -0.25) is 10.4 Å². The van der Waals surface area contributed by atoms with E-state index in [9.17, 15) is 0 Å². The lowest BCUT2D eigenvalue weighted by molar-refractivity contribution is 0.786. The highest BCUT2D eigenvalue weighted by atomic mass is 15.3. The number of benzene rings is 1. The molecule has 0 atom stereocenters. The molecule has 1 aromatic rings. The minimum Gasteiger partial charge on any atom is -0.353 e. The Morgan fingerprint density at radius 3 is 2.71 bits per heavy atom. The summed E-state index contributed by atoms with van der Waals surface area (Å²) < 4.78 is 0. The summed E-state index contributed by atoms with van der Waals surface area (Å²) in [5.74, 6) is 6.12. The summed E-state index contributed by atoms with van der Waals surface area (Å²) in [5, 5.41) is 3.25. The first-order valence-electron chi connectivity index (χ1n) is 6.20. The molecule has 4 heteroatoms. The molecule has 0 heterocycles. The first kappa shape index (κ1) is 11.9. The van der Waals surface area contributed by atoms with Gasteiger partial charge in [0.25, 0.3) is 0 Å². The molecule has 0 radical (unpaired) electrons. The SMILES string of the molecule is NNC(=NCCCc1ccccc1)NC1CC1. The summed E-state index contributed by atoms with van der Waals surface area (Å²) in [5.41, 5.74) is 3.97. The van der Waals surface area contributed by atoms with E-state index in [0.29, 0.717) is 6.04 Å². The summed E-state index contributed by atoms with van der Waals surface area (Å²) in [4.78, 5) is 4.41. The first-order valence-corrected chi connectivity index (χ1v) is 6.20. The highest BCUT2D eigenvalue weighted by Gasteiger charge is 2.21. The van der Waals surface area contributed by atoms with Gasteiger partial charge in [0, 0.05) is 12.6 Å². The fraction of sp³-hybridized carbons (Fsp3) is 0.462. The molecule has 2 rings (SSSR count). The summed E-state index contributed by atoms with van der Waals surface area (Å²) >= 11 is 0. The van der Waals surface area contributed by atoms with Gasteiger partial charge in [-0.05, 0) is 31.2 Å². The maximum absolute atomic E-state index is 5.40. The third kappa shape index (κ3) is 4.44. The predicted octanol–water partition coefficient (Wildman–Crippen LogP) is 1.19.